The van der Waals surface area contributed by atoms with Gasteiger partial charge in [-0.3, -0.25) is 4.79 Å². The SMILES string of the molecule is Cc1nc(-c2ccccc2OCC(=O)Nc2ccccc2)no1. The molecule has 0 aliphatic heterocycles. The lowest BCUT2D eigenvalue weighted by Crippen LogP contribution is -2.20. The zero-order valence-electron chi connectivity index (χ0n) is 12.5. The molecular formula is C17H15N3O3. The largest absolute Gasteiger partial charge is 0.483 e. The average Bonchev–Trinajstić information content (AvgIpc) is 3.00. The van der Waals surface area contributed by atoms with Gasteiger partial charge >= 0.3 is 0 Å². The lowest BCUT2D eigenvalue weighted by atomic mass is 10.2. The Morgan fingerprint density at radius 2 is 1.87 bits per heavy atom. The van der Waals surface area contributed by atoms with Gasteiger partial charge in [0, 0.05) is 12.6 Å². The minimum absolute atomic E-state index is 0.108. The van der Waals surface area contributed by atoms with Crippen LogP contribution in [0.25, 0.3) is 11.4 Å². The molecule has 0 saturated heterocycles. The van der Waals surface area contributed by atoms with Crippen LogP contribution in [0.3, 0.4) is 0 Å². The molecule has 0 aliphatic carbocycles. The predicted molar refractivity (Wildman–Crippen MR) is 85.0 cm³/mol. The molecule has 0 spiro atoms. The minimum atomic E-state index is -0.240. The Morgan fingerprint density at radius 1 is 1.13 bits per heavy atom. The van der Waals surface area contributed by atoms with Crippen molar-refractivity contribution in [3.05, 3.63) is 60.5 Å². The third kappa shape index (κ3) is 3.74. The fraction of sp³-hybridized carbons (Fsp3) is 0.118. The Kier molecular flexibility index (Phi) is 4.33. The van der Waals surface area contributed by atoms with Gasteiger partial charge in [0.25, 0.3) is 5.91 Å². The van der Waals surface area contributed by atoms with Gasteiger partial charge in [-0.25, -0.2) is 0 Å². The fourth-order valence-corrected chi connectivity index (χ4v) is 2.05. The molecule has 1 heterocycles. The van der Waals surface area contributed by atoms with E-state index >= 15 is 0 Å². The van der Waals surface area contributed by atoms with Crippen LogP contribution in [-0.4, -0.2) is 22.7 Å². The summed E-state index contributed by atoms with van der Waals surface area (Å²) < 4.78 is 10.6. The summed E-state index contributed by atoms with van der Waals surface area (Å²) in [7, 11) is 0. The van der Waals surface area contributed by atoms with Crippen molar-refractivity contribution in [2.45, 2.75) is 6.92 Å². The second-order valence-corrected chi connectivity index (χ2v) is 4.84. The van der Waals surface area contributed by atoms with Crippen LogP contribution in [0, 0.1) is 6.92 Å². The second-order valence-electron chi connectivity index (χ2n) is 4.84. The van der Waals surface area contributed by atoms with Gasteiger partial charge in [0.2, 0.25) is 11.7 Å². The van der Waals surface area contributed by atoms with Crippen molar-refractivity contribution < 1.29 is 14.1 Å². The van der Waals surface area contributed by atoms with Crippen molar-refractivity contribution in [3.8, 4) is 17.1 Å². The van der Waals surface area contributed by atoms with Gasteiger partial charge < -0.3 is 14.6 Å². The Labute approximate surface area is 133 Å². The van der Waals surface area contributed by atoms with Crippen LogP contribution in [-0.2, 0) is 4.79 Å². The highest BCUT2D eigenvalue weighted by Crippen LogP contribution is 2.27. The number of aromatic nitrogens is 2. The molecule has 2 aromatic carbocycles. The van der Waals surface area contributed by atoms with Crippen LogP contribution in [0.15, 0.2) is 59.1 Å². The third-order valence-electron chi connectivity index (χ3n) is 3.07. The van der Waals surface area contributed by atoms with E-state index in [4.69, 9.17) is 9.26 Å². The van der Waals surface area contributed by atoms with Gasteiger partial charge in [-0.15, -0.1) is 0 Å². The van der Waals surface area contributed by atoms with Crippen molar-refractivity contribution in [2.75, 3.05) is 11.9 Å². The summed E-state index contributed by atoms with van der Waals surface area (Å²) in [6, 6.07) is 16.5. The average molecular weight is 309 g/mol. The van der Waals surface area contributed by atoms with Gasteiger partial charge in [0.15, 0.2) is 6.61 Å². The molecule has 1 N–H and O–H groups in total. The van der Waals surface area contributed by atoms with Crippen molar-refractivity contribution >= 4 is 11.6 Å². The van der Waals surface area contributed by atoms with E-state index in [1.807, 2.05) is 48.5 Å². The summed E-state index contributed by atoms with van der Waals surface area (Å²) >= 11 is 0. The maximum atomic E-state index is 12.0. The number of nitrogens with one attached hydrogen (secondary N) is 1. The Bertz CT molecular complexity index is 800. The molecule has 1 amide bonds. The number of benzene rings is 2. The summed E-state index contributed by atoms with van der Waals surface area (Å²) in [5, 5.41) is 6.64. The molecule has 23 heavy (non-hydrogen) atoms. The molecule has 6 nitrogen and oxygen atoms in total. The maximum absolute atomic E-state index is 12.0. The Hall–Kier alpha value is -3.15. The van der Waals surface area contributed by atoms with E-state index in [0.29, 0.717) is 23.0 Å². The minimum Gasteiger partial charge on any atom is -0.483 e. The van der Waals surface area contributed by atoms with Gasteiger partial charge in [-0.05, 0) is 24.3 Å². The molecule has 0 bridgehead atoms. The summed E-state index contributed by atoms with van der Waals surface area (Å²) in [5.41, 5.74) is 1.40. The van der Waals surface area contributed by atoms with E-state index < -0.39 is 0 Å². The van der Waals surface area contributed by atoms with Crippen LogP contribution in [0.1, 0.15) is 5.89 Å². The van der Waals surface area contributed by atoms with E-state index in [0.717, 1.165) is 5.69 Å². The van der Waals surface area contributed by atoms with Gasteiger partial charge in [0.1, 0.15) is 5.75 Å². The zero-order chi connectivity index (χ0) is 16.1. The number of amides is 1. The van der Waals surface area contributed by atoms with Crippen LogP contribution in [0.4, 0.5) is 5.69 Å². The van der Waals surface area contributed by atoms with Crippen molar-refractivity contribution in [1.82, 2.24) is 10.1 Å². The van der Waals surface area contributed by atoms with Gasteiger partial charge in [0.05, 0.1) is 5.56 Å². The molecule has 0 unspecified atom stereocenters. The molecule has 0 fully saturated rings. The summed E-state index contributed by atoms with van der Waals surface area (Å²) in [4.78, 5) is 16.1. The number of ether oxygens (including phenoxy) is 1. The van der Waals surface area contributed by atoms with Crippen LogP contribution in [0.2, 0.25) is 0 Å². The molecule has 6 heteroatoms. The first-order valence-corrected chi connectivity index (χ1v) is 7.10. The fourth-order valence-electron chi connectivity index (χ4n) is 2.05. The highest BCUT2D eigenvalue weighted by Gasteiger charge is 2.13. The molecule has 0 saturated carbocycles. The summed E-state index contributed by atoms with van der Waals surface area (Å²) in [6.45, 7) is 1.61. The summed E-state index contributed by atoms with van der Waals surface area (Å²) in [5.74, 6) is 1.19. The lowest BCUT2D eigenvalue weighted by molar-refractivity contribution is -0.118. The molecule has 3 rings (SSSR count). The number of nitrogens with zero attached hydrogens (tertiary/aromatic N) is 2. The number of carbonyl (C=O) groups excluding carboxylic acids is 1. The quantitative estimate of drug-likeness (QED) is 0.783. The standard InChI is InChI=1S/C17H15N3O3/c1-12-18-17(20-23-12)14-9-5-6-10-15(14)22-11-16(21)19-13-7-3-2-4-8-13/h2-10H,11H2,1H3,(H,19,21). The first-order chi connectivity index (χ1) is 11.2. The van der Waals surface area contributed by atoms with E-state index in [9.17, 15) is 4.79 Å². The topological polar surface area (TPSA) is 77.2 Å². The Morgan fingerprint density at radius 3 is 2.61 bits per heavy atom. The second kappa shape index (κ2) is 6.74. The third-order valence-corrected chi connectivity index (χ3v) is 3.07. The van der Waals surface area contributed by atoms with Crippen molar-refractivity contribution in [2.24, 2.45) is 0 Å². The lowest BCUT2D eigenvalue weighted by Gasteiger charge is -2.09. The summed E-state index contributed by atoms with van der Waals surface area (Å²) in [6.07, 6.45) is 0. The monoisotopic (exact) mass is 309 g/mol. The predicted octanol–water partition coefficient (Wildman–Crippen LogP) is 3.06. The zero-order valence-corrected chi connectivity index (χ0v) is 12.5. The number of hydrogen-bond acceptors (Lipinski definition) is 5. The number of carbonyl (C=O) groups is 1. The smallest absolute Gasteiger partial charge is 0.262 e. The Balaban J connectivity index is 1.68. The molecule has 0 aliphatic rings. The van der Waals surface area contributed by atoms with E-state index in [1.165, 1.54) is 0 Å². The van der Waals surface area contributed by atoms with E-state index in [2.05, 4.69) is 15.5 Å². The number of para-hydroxylation sites is 2. The number of anilines is 1. The molecule has 0 radical (unpaired) electrons. The normalized spacial score (nSPS) is 10.3. The van der Waals surface area contributed by atoms with Crippen LogP contribution < -0.4 is 10.1 Å². The molecule has 116 valence electrons. The molecule has 1 aromatic heterocycles. The molecule has 0 atom stereocenters. The van der Waals surface area contributed by atoms with Gasteiger partial charge in [-0.1, -0.05) is 35.5 Å². The number of aryl methyl sites for hydroxylation is 1. The van der Waals surface area contributed by atoms with Crippen molar-refractivity contribution in [1.29, 1.82) is 0 Å². The highest BCUT2D eigenvalue weighted by atomic mass is 16.5. The number of hydrogen-bond donors (Lipinski definition) is 1. The van der Waals surface area contributed by atoms with E-state index in [-0.39, 0.29) is 12.5 Å². The first-order valence-electron chi connectivity index (χ1n) is 7.10. The van der Waals surface area contributed by atoms with Crippen LogP contribution >= 0.6 is 0 Å². The first kappa shape index (κ1) is 14.8. The number of rotatable bonds is 5. The van der Waals surface area contributed by atoms with E-state index in [1.54, 1.807) is 13.0 Å². The molecular weight excluding hydrogens is 294 g/mol. The van der Waals surface area contributed by atoms with Gasteiger partial charge in [-0.2, -0.15) is 4.98 Å². The maximum Gasteiger partial charge on any atom is 0.262 e. The van der Waals surface area contributed by atoms with Crippen molar-refractivity contribution in [3.63, 3.8) is 0 Å². The van der Waals surface area contributed by atoms with Crippen LogP contribution in [0.5, 0.6) is 5.75 Å². The highest BCUT2D eigenvalue weighted by molar-refractivity contribution is 5.91. The molecule has 3 aromatic rings.